The number of ether oxygens (including phenoxy) is 1. The molecular formula is C17H26N2O4S. The van der Waals surface area contributed by atoms with Crippen LogP contribution in [0.15, 0.2) is 24.3 Å². The Morgan fingerprint density at radius 2 is 2.00 bits per heavy atom. The molecular weight excluding hydrogens is 328 g/mol. The largest absolute Gasteiger partial charge is 0.465 e. The number of hydrogen-bond acceptors (Lipinski definition) is 5. The van der Waals surface area contributed by atoms with Crippen molar-refractivity contribution in [2.75, 3.05) is 40.8 Å². The second-order valence-electron chi connectivity index (χ2n) is 6.48. The average molecular weight is 354 g/mol. The van der Waals surface area contributed by atoms with Crippen LogP contribution >= 0.6 is 0 Å². The summed E-state index contributed by atoms with van der Waals surface area (Å²) in [5, 5.41) is 0. The number of carbonyl (C=O) groups excluding carboxylic acids is 1. The number of hydrogen-bond donors (Lipinski definition) is 0. The molecule has 1 saturated heterocycles. The number of sulfonamides is 1. The first-order valence-electron chi connectivity index (χ1n) is 8.11. The molecule has 0 atom stereocenters. The van der Waals surface area contributed by atoms with Gasteiger partial charge in [-0.2, -0.15) is 0 Å². The van der Waals surface area contributed by atoms with Gasteiger partial charge in [-0.15, -0.1) is 0 Å². The molecule has 1 aromatic carbocycles. The molecule has 1 aromatic rings. The third-order valence-electron chi connectivity index (χ3n) is 4.53. The molecule has 1 fully saturated rings. The zero-order valence-electron chi connectivity index (χ0n) is 14.6. The van der Waals surface area contributed by atoms with Crippen LogP contribution < -0.4 is 0 Å². The molecule has 0 spiro atoms. The number of methoxy groups -OCH3 is 1. The van der Waals surface area contributed by atoms with Crippen LogP contribution in [0.1, 0.15) is 28.8 Å². The van der Waals surface area contributed by atoms with Gasteiger partial charge in [0.15, 0.2) is 0 Å². The Kier molecular flexibility index (Phi) is 6.37. The van der Waals surface area contributed by atoms with Crippen molar-refractivity contribution >= 4 is 16.0 Å². The van der Waals surface area contributed by atoms with Gasteiger partial charge in [-0.05, 0) is 56.6 Å². The molecule has 0 radical (unpaired) electrons. The van der Waals surface area contributed by atoms with Gasteiger partial charge in [0, 0.05) is 13.6 Å². The van der Waals surface area contributed by atoms with E-state index >= 15 is 0 Å². The molecule has 7 heteroatoms. The minimum atomic E-state index is -3.41. The first-order valence-corrected chi connectivity index (χ1v) is 9.72. The van der Waals surface area contributed by atoms with Gasteiger partial charge in [0.25, 0.3) is 0 Å². The van der Waals surface area contributed by atoms with Crippen molar-refractivity contribution in [2.45, 2.75) is 18.6 Å². The molecule has 6 nitrogen and oxygen atoms in total. The third-order valence-corrected chi connectivity index (χ3v) is 6.32. The highest BCUT2D eigenvalue weighted by atomic mass is 32.2. The van der Waals surface area contributed by atoms with Crippen molar-refractivity contribution in [1.82, 2.24) is 9.21 Å². The van der Waals surface area contributed by atoms with Crippen LogP contribution in [0.4, 0.5) is 0 Å². The van der Waals surface area contributed by atoms with E-state index in [0.717, 1.165) is 25.9 Å². The van der Waals surface area contributed by atoms with E-state index < -0.39 is 16.0 Å². The van der Waals surface area contributed by atoms with Crippen LogP contribution in [0.3, 0.4) is 0 Å². The Morgan fingerprint density at radius 1 is 1.33 bits per heavy atom. The molecule has 0 aromatic heterocycles. The van der Waals surface area contributed by atoms with Gasteiger partial charge in [0.2, 0.25) is 10.0 Å². The van der Waals surface area contributed by atoms with Crippen LogP contribution in [0.5, 0.6) is 0 Å². The summed E-state index contributed by atoms with van der Waals surface area (Å²) < 4.78 is 31.3. The van der Waals surface area contributed by atoms with Crippen LogP contribution in [-0.2, 0) is 20.5 Å². The smallest absolute Gasteiger partial charge is 0.337 e. The highest BCUT2D eigenvalue weighted by Crippen LogP contribution is 2.19. The number of nitrogens with zero attached hydrogens (tertiary/aromatic N) is 2. The van der Waals surface area contributed by atoms with E-state index in [1.54, 1.807) is 31.3 Å². The van der Waals surface area contributed by atoms with Gasteiger partial charge in [-0.25, -0.2) is 17.5 Å². The predicted octanol–water partition coefficient (Wildman–Crippen LogP) is 1.58. The molecule has 24 heavy (non-hydrogen) atoms. The highest BCUT2D eigenvalue weighted by molar-refractivity contribution is 7.88. The summed E-state index contributed by atoms with van der Waals surface area (Å²) in [7, 11) is 1.62. The van der Waals surface area contributed by atoms with E-state index in [0.29, 0.717) is 23.6 Å². The van der Waals surface area contributed by atoms with E-state index in [4.69, 9.17) is 0 Å². The molecule has 0 N–H and O–H groups in total. The topological polar surface area (TPSA) is 66.9 Å². The fourth-order valence-electron chi connectivity index (χ4n) is 2.95. The summed E-state index contributed by atoms with van der Waals surface area (Å²) in [6.07, 6.45) is 2.04. The molecule has 1 aliphatic heterocycles. The van der Waals surface area contributed by atoms with E-state index in [1.165, 1.54) is 11.4 Å². The standard InChI is InChI=1S/C17H26N2O4S/c1-18-9-7-14(8-10-18)12-19(2)24(21,22)13-15-5-4-6-16(11-15)17(20)23-3/h4-6,11,14H,7-10,12-13H2,1-3H3. The SMILES string of the molecule is COC(=O)c1cccc(CS(=O)(=O)N(C)CC2CCN(C)CC2)c1. The van der Waals surface area contributed by atoms with Crippen molar-refractivity contribution in [2.24, 2.45) is 5.92 Å². The first kappa shape index (κ1) is 18.9. The molecule has 0 saturated carbocycles. The van der Waals surface area contributed by atoms with Crippen LogP contribution in [-0.4, -0.2) is 64.4 Å². The average Bonchev–Trinajstić information content (AvgIpc) is 2.56. The normalized spacial score (nSPS) is 17.2. The molecule has 1 aliphatic rings. The van der Waals surface area contributed by atoms with Crippen LogP contribution in [0.25, 0.3) is 0 Å². The maximum absolute atomic E-state index is 12.6. The van der Waals surface area contributed by atoms with Crippen molar-refractivity contribution in [1.29, 1.82) is 0 Å². The summed E-state index contributed by atoms with van der Waals surface area (Å²) in [6.45, 7) is 2.58. The minimum absolute atomic E-state index is 0.110. The van der Waals surface area contributed by atoms with E-state index in [1.807, 2.05) is 0 Å². The van der Waals surface area contributed by atoms with Gasteiger partial charge < -0.3 is 9.64 Å². The maximum Gasteiger partial charge on any atom is 0.337 e. The summed E-state index contributed by atoms with van der Waals surface area (Å²) in [6, 6.07) is 6.58. The monoisotopic (exact) mass is 354 g/mol. The van der Waals surface area contributed by atoms with Gasteiger partial charge in [-0.1, -0.05) is 12.1 Å². The zero-order valence-corrected chi connectivity index (χ0v) is 15.4. The predicted molar refractivity (Wildman–Crippen MR) is 93.3 cm³/mol. The third kappa shape index (κ3) is 5.03. The van der Waals surface area contributed by atoms with Crippen molar-refractivity contribution in [3.63, 3.8) is 0 Å². The number of carbonyl (C=O) groups is 1. The molecule has 0 unspecified atom stereocenters. The fraction of sp³-hybridized carbons (Fsp3) is 0.588. The van der Waals surface area contributed by atoms with E-state index in [2.05, 4.69) is 16.7 Å². The van der Waals surface area contributed by atoms with E-state index in [-0.39, 0.29) is 5.75 Å². The highest BCUT2D eigenvalue weighted by Gasteiger charge is 2.24. The van der Waals surface area contributed by atoms with Crippen molar-refractivity contribution < 1.29 is 17.9 Å². The Hall–Kier alpha value is -1.44. The second-order valence-corrected chi connectivity index (χ2v) is 8.55. The van der Waals surface area contributed by atoms with Gasteiger partial charge >= 0.3 is 5.97 Å². The number of esters is 1. The zero-order chi connectivity index (χ0) is 17.7. The van der Waals surface area contributed by atoms with Gasteiger partial charge in [0.05, 0.1) is 18.4 Å². The Bertz CT molecular complexity index is 667. The summed E-state index contributed by atoms with van der Waals surface area (Å²) in [5.41, 5.74) is 0.955. The van der Waals surface area contributed by atoms with E-state index in [9.17, 15) is 13.2 Å². The maximum atomic E-state index is 12.6. The number of rotatable bonds is 6. The van der Waals surface area contributed by atoms with Gasteiger partial charge in [0.1, 0.15) is 0 Å². The molecule has 1 heterocycles. The van der Waals surface area contributed by atoms with Crippen molar-refractivity contribution in [3.05, 3.63) is 35.4 Å². The number of likely N-dealkylation sites (tertiary alicyclic amines) is 1. The molecule has 0 aliphatic carbocycles. The molecule has 134 valence electrons. The second kappa shape index (κ2) is 8.09. The minimum Gasteiger partial charge on any atom is -0.465 e. The lowest BCUT2D eigenvalue weighted by molar-refractivity contribution is 0.0600. The quantitative estimate of drug-likeness (QED) is 0.726. The van der Waals surface area contributed by atoms with Gasteiger partial charge in [-0.3, -0.25) is 0 Å². The Balaban J connectivity index is 2.01. The summed E-state index contributed by atoms with van der Waals surface area (Å²) >= 11 is 0. The lowest BCUT2D eigenvalue weighted by atomic mass is 9.97. The fourth-order valence-corrected chi connectivity index (χ4v) is 4.21. The Morgan fingerprint density at radius 3 is 2.62 bits per heavy atom. The van der Waals surface area contributed by atoms with Crippen LogP contribution in [0.2, 0.25) is 0 Å². The lowest BCUT2D eigenvalue weighted by Gasteiger charge is -2.31. The van der Waals surface area contributed by atoms with Crippen LogP contribution in [0, 0.1) is 5.92 Å². The molecule has 0 bridgehead atoms. The first-order chi connectivity index (χ1) is 11.3. The number of benzene rings is 1. The number of piperidine rings is 1. The Labute approximate surface area is 144 Å². The molecule has 0 amide bonds. The lowest BCUT2D eigenvalue weighted by Crippen LogP contribution is -2.38. The molecule has 2 rings (SSSR count). The summed E-state index contributed by atoms with van der Waals surface area (Å²) in [5.74, 6) is -0.169. The summed E-state index contributed by atoms with van der Waals surface area (Å²) in [4.78, 5) is 13.8. The van der Waals surface area contributed by atoms with Crippen molar-refractivity contribution in [3.8, 4) is 0 Å².